The van der Waals surface area contributed by atoms with Crippen LogP contribution in [0.5, 0.6) is 0 Å². The van der Waals surface area contributed by atoms with E-state index in [-0.39, 0.29) is 0 Å². The van der Waals surface area contributed by atoms with E-state index in [1.165, 1.54) is 0 Å². The van der Waals surface area contributed by atoms with Gasteiger partial charge in [-0.2, -0.15) is 0 Å². The number of fused-ring (bicyclic) bond motifs is 1. The molecule has 0 bridgehead atoms. The van der Waals surface area contributed by atoms with Gasteiger partial charge in [0.15, 0.2) is 0 Å². The fourth-order valence-electron chi connectivity index (χ4n) is 2.10. The number of anilines is 2. The zero-order valence-corrected chi connectivity index (χ0v) is 10.7. The molecule has 3 aromatic rings. The Balaban J connectivity index is 1.93. The number of aromatic nitrogens is 3. The van der Waals surface area contributed by atoms with Crippen LogP contribution in [-0.2, 0) is 13.6 Å². The fourth-order valence-corrected chi connectivity index (χ4v) is 2.10. The predicted octanol–water partition coefficient (Wildman–Crippen LogP) is 2.16. The molecule has 0 aliphatic rings. The molecule has 0 radical (unpaired) electrons. The maximum atomic E-state index is 5.97. The summed E-state index contributed by atoms with van der Waals surface area (Å²) in [5.41, 5.74) is 6.73. The lowest BCUT2D eigenvalue weighted by Gasteiger charge is -2.09. The summed E-state index contributed by atoms with van der Waals surface area (Å²) < 4.78 is 1.98. The second-order valence-electron chi connectivity index (χ2n) is 4.41. The van der Waals surface area contributed by atoms with E-state index < -0.39 is 0 Å². The summed E-state index contributed by atoms with van der Waals surface area (Å²) >= 11 is 0. The van der Waals surface area contributed by atoms with Crippen LogP contribution in [0.1, 0.15) is 5.82 Å². The SMILES string of the molecule is Cn1ccnc1CNc1nccc2c(N)cccc12. The minimum atomic E-state index is 0.629. The quantitative estimate of drug-likeness (QED) is 0.702. The molecule has 19 heavy (non-hydrogen) atoms. The third-order valence-electron chi connectivity index (χ3n) is 3.17. The van der Waals surface area contributed by atoms with Crippen LogP contribution in [0.15, 0.2) is 42.9 Å². The van der Waals surface area contributed by atoms with Crippen molar-refractivity contribution in [2.24, 2.45) is 7.05 Å². The first kappa shape index (κ1) is 11.5. The number of hydrogen-bond donors (Lipinski definition) is 2. The van der Waals surface area contributed by atoms with Gasteiger partial charge in [-0.25, -0.2) is 9.97 Å². The molecule has 96 valence electrons. The van der Waals surface area contributed by atoms with Crippen LogP contribution >= 0.6 is 0 Å². The van der Waals surface area contributed by atoms with E-state index in [2.05, 4.69) is 15.3 Å². The van der Waals surface area contributed by atoms with Gasteiger partial charge in [-0.3, -0.25) is 0 Å². The number of rotatable bonds is 3. The Morgan fingerprint density at radius 1 is 1.16 bits per heavy atom. The molecule has 0 saturated heterocycles. The highest BCUT2D eigenvalue weighted by molar-refractivity contribution is 5.99. The molecule has 1 aromatic carbocycles. The van der Waals surface area contributed by atoms with Crippen molar-refractivity contribution in [2.45, 2.75) is 6.54 Å². The highest BCUT2D eigenvalue weighted by atomic mass is 15.1. The highest BCUT2D eigenvalue weighted by Gasteiger charge is 2.05. The van der Waals surface area contributed by atoms with Gasteiger partial charge in [-0.1, -0.05) is 12.1 Å². The van der Waals surface area contributed by atoms with Crippen molar-refractivity contribution in [2.75, 3.05) is 11.1 Å². The third kappa shape index (κ3) is 2.10. The number of benzene rings is 1. The van der Waals surface area contributed by atoms with Crippen LogP contribution in [0.25, 0.3) is 10.8 Å². The Morgan fingerprint density at radius 3 is 2.84 bits per heavy atom. The lowest BCUT2D eigenvalue weighted by atomic mass is 10.1. The summed E-state index contributed by atoms with van der Waals surface area (Å²) in [5.74, 6) is 1.79. The van der Waals surface area contributed by atoms with Crippen LogP contribution in [0.2, 0.25) is 0 Å². The van der Waals surface area contributed by atoms with E-state index in [1.807, 2.05) is 42.1 Å². The first-order valence-electron chi connectivity index (χ1n) is 6.09. The largest absolute Gasteiger partial charge is 0.398 e. The molecule has 2 aromatic heterocycles. The van der Waals surface area contributed by atoms with E-state index in [1.54, 1.807) is 12.4 Å². The summed E-state index contributed by atoms with van der Waals surface area (Å²) in [6, 6.07) is 7.77. The fraction of sp³-hybridized carbons (Fsp3) is 0.143. The Morgan fingerprint density at radius 2 is 2.05 bits per heavy atom. The van der Waals surface area contributed by atoms with E-state index in [9.17, 15) is 0 Å². The average molecular weight is 253 g/mol. The molecule has 2 heterocycles. The first-order chi connectivity index (χ1) is 9.25. The lowest BCUT2D eigenvalue weighted by Crippen LogP contribution is -2.07. The van der Waals surface area contributed by atoms with Gasteiger partial charge in [0.25, 0.3) is 0 Å². The van der Waals surface area contributed by atoms with Crippen LogP contribution < -0.4 is 11.1 Å². The number of nitrogens with two attached hydrogens (primary N) is 1. The monoisotopic (exact) mass is 253 g/mol. The van der Waals surface area contributed by atoms with Gasteiger partial charge in [-0.15, -0.1) is 0 Å². The van der Waals surface area contributed by atoms with E-state index in [4.69, 9.17) is 5.73 Å². The molecule has 0 fully saturated rings. The minimum Gasteiger partial charge on any atom is -0.398 e. The Kier molecular flexibility index (Phi) is 2.79. The van der Waals surface area contributed by atoms with Gasteiger partial charge in [0.05, 0.1) is 6.54 Å². The van der Waals surface area contributed by atoms with Gasteiger partial charge in [0, 0.05) is 42.1 Å². The van der Waals surface area contributed by atoms with Gasteiger partial charge in [-0.05, 0) is 12.1 Å². The van der Waals surface area contributed by atoms with Crippen LogP contribution in [0.4, 0.5) is 11.5 Å². The topological polar surface area (TPSA) is 68.8 Å². The number of nitrogen functional groups attached to an aromatic ring is 1. The van der Waals surface area contributed by atoms with Crippen molar-refractivity contribution >= 4 is 22.3 Å². The van der Waals surface area contributed by atoms with Crippen LogP contribution in [0.3, 0.4) is 0 Å². The molecule has 5 nitrogen and oxygen atoms in total. The van der Waals surface area contributed by atoms with E-state index in [0.717, 1.165) is 28.1 Å². The van der Waals surface area contributed by atoms with Crippen molar-refractivity contribution in [3.05, 3.63) is 48.7 Å². The smallest absolute Gasteiger partial charge is 0.134 e. The zero-order valence-electron chi connectivity index (χ0n) is 10.7. The van der Waals surface area contributed by atoms with Crippen LogP contribution in [0, 0.1) is 0 Å². The Labute approximate surface area is 111 Å². The van der Waals surface area contributed by atoms with E-state index in [0.29, 0.717) is 6.54 Å². The first-order valence-corrected chi connectivity index (χ1v) is 6.09. The van der Waals surface area contributed by atoms with Crippen molar-refractivity contribution in [1.29, 1.82) is 0 Å². The van der Waals surface area contributed by atoms with Crippen molar-refractivity contribution in [1.82, 2.24) is 14.5 Å². The molecule has 0 amide bonds. The molecular weight excluding hydrogens is 238 g/mol. The Bertz CT molecular complexity index is 717. The molecule has 0 aliphatic carbocycles. The molecule has 0 atom stereocenters. The van der Waals surface area contributed by atoms with Gasteiger partial charge in [0.2, 0.25) is 0 Å². The molecule has 3 N–H and O–H groups in total. The maximum Gasteiger partial charge on any atom is 0.134 e. The minimum absolute atomic E-state index is 0.629. The third-order valence-corrected chi connectivity index (χ3v) is 3.17. The summed E-state index contributed by atoms with van der Waals surface area (Å²) in [4.78, 5) is 8.65. The highest BCUT2D eigenvalue weighted by Crippen LogP contribution is 2.25. The number of pyridine rings is 1. The van der Waals surface area contributed by atoms with E-state index >= 15 is 0 Å². The summed E-state index contributed by atoms with van der Waals surface area (Å²) in [5, 5.41) is 5.35. The van der Waals surface area contributed by atoms with Gasteiger partial charge in [0.1, 0.15) is 11.6 Å². The molecule has 0 saturated carbocycles. The number of aryl methyl sites for hydroxylation is 1. The summed E-state index contributed by atoms with van der Waals surface area (Å²) in [7, 11) is 1.97. The Hall–Kier alpha value is -2.56. The molecule has 0 aliphatic heterocycles. The molecule has 5 heteroatoms. The van der Waals surface area contributed by atoms with Gasteiger partial charge >= 0.3 is 0 Å². The molecule has 0 spiro atoms. The average Bonchev–Trinajstić information content (AvgIpc) is 2.82. The second kappa shape index (κ2) is 4.61. The normalized spacial score (nSPS) is 10.8. The maximum absolute atomic E-state index is 5.97. The summed E-state index contributed by atoms with van der Waals surface area (Å²) in [6.45, 7) is 0.629. The number of imidazole rings is 1. The number of nitrogens with one attached hydrogen (secondary N) is 1. The predicted molar refractivity (Wildman–Crippen MR) is 76.7 cm³/mol. The standard InChI is InChI=1S/C14H15N5/c1-19-8-7-16-13(19)9-18-14-11-3-2-4-12(15)10(11)5-6-17-14/h2-8H,9,15H2,1H3,(H,17,18). The second-order valence-corrected chi connectivity index (χ2v) is 4.41. The molecular formula is C14H15N5. The van der Waals surface area contributed by atoms with Crippen molar-refractivity contribution < 1.29 is 0 Å². The van der Waals surface area contributed by atoms with Crippen molar-refractivity contribution in [3.8, 4) is 0 Å². The molecule has 3 rings (SSSR count). The number of nitrogens with zero attached hydrogens (tertiary/aromatic N) is 3. The molecule has 0 unspecified atom stereocenters. The number of hydrogen-bond acceptors (Lipinski definition) is 4. The van der Waals surface area contributed by atoms with Gasteiger partial charge < -0.3 is 15.6 Å². The van der Waals surface area contributed by atoms with Crippen molar-refractivity contribution in [3.63, 3.8) is 0 Å². The zero-order chi connectivity index (χ0) is 13.2. The van der Waals surface area contributed by atoms with Crippen LogP contribution in [-0.4, -0.2) is 14.5 Å². The summed E-state index contributed by atoms with van der Waals surface area (Å²) in [6.07, 6.45) is 5.47. The lowest BCUT2D eigenvalue weighted by molar-refractivity contribution is 0.811.